The summed E-state index contributed by atoms with van der Waals surface area (Å²) in [4.78, 5) is 23.3. The van der Waals surface area contributed by atoms with E-state index >= 15 is 0 Å². The van der Waals surface area contributed by atoms with Gasteiger partial charge in [0.15, 0.2) is 0 Å². The number of anilines is 2. The summed E-state index contributed by atoms with van der Waals surface area (Å²) in [5.74, 6) is 3.43. The van der Waals surface area contributed by atoms with Gasteiger partial charge in [-0.05, 0) is 44.9 Å². The van der Waals surface area contributed by atoms with E-state index in [0.717, 1.165) is 30.5 Å². The first kappa shape index (κ1) is 18.0. The van der Waals surface area contributed by atoms with E-state index in [1.807, 2.05) is 13.0 Å². The van der Waals surface area contributed by atoms with Gasteiger partial charge in [-0.15, -0.1) is 0 Å². The smallest absolute Gasteiger partial charge is 0.220 e. The maximum absolute atomic E-state index is 12.0. The lowest BCUT2D eigenvalue weighted by atomic mass is 10.0. The Bertz CT molecular complexity index is 565. The van der Waals surface area contributed by atoms with Crippen LogP contribution in [0.2, 0.25) is 0 Å². The molecule has 0 atom stereocenters. The average molecular weight is 345 g/mol. The molecule has 2 fully saturated rings. The topological polar surface area (TPSA) is 70.2 Å². The van der Waals surface area contributed by atoms with Crippen LogP contribution < -0.4 is 15.5 Å². The molecule has 1 aromatic heterocycles. The van der Waals surface area contributed by atoms with Gasteiger partial charge in [0, 0.05) is 38.7 Å². The number of carbonyl (C=O) groups is 1. The Morgan fingerprint density at radius 1 is 1.12 bits per heavy atom. The monoisotopic (exact) mass is 345 g/mol. The normalized spacial score (nSPS) is 18.4. The quantitative estimate of drug-likeness (QED) is 0.744. The SMILES string of the molecule is Cc1nc(NCCNC(=O)CC2CCCC2)cc(N2CCCCC2)n1. The van der Waals surface area contributed by atoms with Crippen LogP contribution in [0.25, 0.3) is 0 Å². The van der Waals surface area contributed by atoms with Gasteiger partial charge in [-0.2, -0.15) is 0 Å². The zero-order chi connectivity index (χ0) is 17.5. The first-order valence-electron chi connectivity index (χ1n) is 9.82. The minimum Gasteiger partial charge on any atom is -0.368 e. The number of nitrogens with one attached hydrogen (secondary N) is 2. The number of hydrogen-bond donors (Lipinski definition) is 2. The third kappa shape index (κ3) is 5.58. The molecule has 0 aromatic carbocycles. The van der Waals surface area contributed by atoms with Gasteiger partial charge >= 0.3 is 0 Å². The highest BCUT2D eigenvalue weighted by Crippen LogP contribution is 2.27. The van der Waals surface area contributed by atoms with Crippen molar-refractivity contribution in [3.63, 3.8) is 0 Å². The van der Waals surface area contributed by atoms with Crippen molar-refractivity contribution in [3.8, 4) is 0 Å². The number of carbonyl (C=O) groups excluding carboxylic acids is 1. The highest BCUT2D eigenvalue weighted by Gasteiger charge is 2.18. The molecule has 0 bridgehead atoms. The van der Waals surface area contributed by atoms with E-state index in [1.165, 1.54) is 44.9 Å². The molecule has 1 saturated carbocycles. The van der Waals surface area contributed by atoms with Gasteiger partial charge in [0.1, 0.15) is 17.5 Å². The Kier molecular flexibility index (Phi) is 6.48. The van der Waals surface area contributed by atoms with Gasteiger partial charge in [-0.25, -0.2) is 9.97 Å². The maximum atomic E-state index is 12.0. The van der Waals surface area contributed by atoms with Gasteiger partial charge < -0.3 is 15.5 Å². The second kappa shape index (κ2) is 9.02. The van der Waals surface area contributed by atoms with Gasteiger partial charge in [0.05, 0.1) is 0 Å². The molecule has 6 nitrogen and oxygen atoms in total. The maximum Gasteiger partial charge on any atom is 0.220 e. The minimum atomic E-state index is 0.182. The molecule has 25 heavy (non-hydrogen) atoms. The summed E-state index contributed by atoms with van der Waals surface area (Å²) >= 11 is 0. The predicted molar refractivity (Wildman–Crippen MR) is 101 cm³/mol. The highest BCUT2D eigenvalue weighted by molar-refractivity contribution is 5.76. The molecular formula is C19H31N5O. The fourth-order valence-corrected chi connectivity index (χ4v) is 3.87. The molecule has 2 heterocycles. The highest BCUT2D eigenvalue weighted by atomic mass is 16.1. The van der Waals surface area contributed by atoms with E-state index in [9.17, 15) is 4.79 Å². The summed E-state index contributed by atoms with van der Waals surface area (Å²) in [5, 5.41) is 6.34. The summed E-state index contributed by atoms with van der Waals surface area (Å²) in [7, 11) is 0. The lowest BCUT2D eigenvalue weighted by molar-refractivity contribution is -0.121. The van der Waals surface area contributed by atoms with Crippen molar-refractivity contribution in [2.45, 2.75) is 58.3 Å². The number of amides is 1. The van der Waals surface area contributed by atoms with E-state index in [1.54, 1.807) is 0 Å². The summed E-state index contributed by atoms with van der Waals surface area (Å²) < 4.78 is 0. The second-order valence-corrected chi connectivity index (χ2v) is 7.34. The zero-order valence-electron chi connectivity index (χ0n) is 15.4. The summed E-state index contributed by atoms with van der Waals surface area (Å²) in [6.07, 6.45) is 9.46. The van der Waals surface area contributed by atoms with Gasteiger partial charge in [0.2, 0.25) is 5.91 Å². The third-order valence-corrected chi connectivity index (χ3v) is 5.21. The van der Waals surface area contributed by atoms with Crippen LogP contribution >= 0.6 is 0 Å². The van der Waals surface area contributed by atoms with E-state index in [0.29, 0.717) is 25.4 Å². The van der Waals surface area contributed by atoms with Crippen LogP contribution in [0.5, 0.6) is 0 Å². The summed E-state index contributed by atoms with van der Waals surface area (Å²) in [6.45, 7) is 5.40. The summed E-state index contributed by atoms with van der Waals surface area (Å²) in [6, 6.07) is 2.03. The Hall–Kier alpha value is -1.85. The number of rotatable bonds is 7. The molecule has 0 radical (unpaired) electrons. The van der Waals surface area contributed by atoms with Crippen LogP contribution in [0, 0.1) is 12.8 Å². The average Bonchev–Trinajstić information content (AvgIpc) is 3.12. The molecule has 2 aliphatic rings. The number of piperidine rings is 1. The van der Waals surface area contributed by atoms with Crippen LogP contribution in [0.1, 0.15) is 57.2 Å². The molecule has 6 heteroatoms. The molecule has 1 amide bonds. The molecule has 1 saturated heterocycles. The molecule has 0 spiro atoms. The molecule has 138 valence electrons. The lowest BCUT2D eigenvalue weighted by Gasteiger charge is -2.28. The van der Waals surface area contributed by atoms with Crippen molar-refractivity contribution in [2.24, 2.45) is 5.92 Å². The Labute approximate surface area is 150 Å². The van der Waals surface area contributed by atoms with Crippen LogP contribution in [-0.4, -0.2) is 42.1 Å². The van der Waals surface area contributed by atoms with Crippen molar-refractivity contribution in [1.82, 2.24) is 15.3 Å². The first-order chi connectivity index (χ1) is 12.2. The number of aromatic nitrogens is 2. The Balaban J connectivity index is 1.42. The van der Waals surface area contributed by atoms with Crippen LogP contribution in [0.4, 0.5) is 11.6 Å². The molecule has 1 aliphatic carbocycles. The van der Waals surface area contributed by atoms with Crippen LogP contribution in [0.3, 0.4) is 0 Å². The van der Waals surface area contributed by atoms with Gasteiger partial charge in [-0.3, -0.25) is 4.79 Å². The molecule has 2 N–H and O–H groups in total. The van der Waals surface area contributed by atoms with Crippen LogP contribution in [0.15, 0.2) is 6.07 Å². The van der Waals surface area contributed by atoms with Crippen molar-refractivity contribution in [2.75, 3.05) is 36.4 Å². The Morgan fingerprint density at radius 3 is 2.64 bits per heavy atom. The van der Waals surface area contributed by atoms with Crippen molar-refractivity contribution in [3.05, 3.63) is 11.9 Å². The molecule has 1 aromatic rings. The van der Waals surface area contributed by atoms with E-state index in [4.69, 9.17) is 0 Å². The Morgan fingerprint density at radius 2 is 1.88 bits per heavy atom. The minimum absolute atomic E-state index is 0.182. The van der Waals surface area contributed by atoms with Crippen LogP contribution in [-0.2, 0) is 4.79 Å². The van der Waals surface area contributed by atoms with Crippen molar-refractivity contribution < 1.29 is 4.79 Å². The molecule has 3 rings (SSSR count). The van der Waals surface area contributed by atoms with E-state index in [2.05, 4.69) is 25.5 Å². The van der Waals surface area contributed by atoms with Gasteiger partial charge in [-0.1, -0.05) is 12.8 Å². The summed E-state index contributed by atoms with van der Waals surface area (Å²) in [5.41, 5.74) is 0. The van der Waals surface area contributed by atoms with E-state index < -0.39 is 0 Å². The number of hydrogen-bond acceptors (Lipinski definition) is 5. The predicted octanol–water partition coefficient (Wildman–Crippen LogP) is 2.88. The fraction of sp³-hybridized carbons (Fsp3) is 0.737. The lowest BCUT2D eigenvalue weighted by Crippen LogP contribution is -2.31. The van der Waals surface area contributed by atoms with Gasteiger partial charge in [0.25, 0.3) is 0 Å². The largest absolute Gasteiger partial charge is 0.368 e. The molecule has 1 aliphatic heterocycles. The standard InChI is InChI=1S/C19H31N5O/c1-15-22-17(14-18(23-15)24-11-5-2-6-12-24)20-9-10-21-19(25)13-16-7-3-4-8-16/h14,16H,2-13H2,1H3,(H,21,25)(H,20,22,23). The van der Waals surface area contributed by atoms with Crippen molar-refractivity contribution >= 4 is 17.5 Å². The zero-order valence-corrected chi connectivity index (χ0v) is 15.4. The number of nitrogens with zero attached hydrogens (tertiary/aromatic N) is 3. The molecular weight excluding hydrogens is 314 g/mol. The third-order valence-electron chi connectivity index (χ3n) is 5.21. The van der Waals surface area contributed by atoms with Crippen molar-refractivity contribution in [1.29, 1.82) is 0 Å². The number of aryl methyl sites for hydroxylation is 1. The second-order valence-electron chi connectivity index (χ2n) is 7.34. The fourth-order valence-electron chi connectivity index (χ4n) is 3.87. The van der Waals surface area contributed by atoms with E-state index in [-0.39, 0.29) is 5.91 Å². The first-order valence-corrected chi connectivity index (χ1v) is 9.82. The molecule has 0 unspecified atom stereocenters.